The molecule has 2 N–H and O–H groups in total. The van der Waals surface area contributed by atoms with Gasteiger partial charge in [0.05, 0.1) is 0 Å². The van der Waals surface area contributed by atoms with E-state index in [1.54, 1.807) is 12.1 Å². The zero-order valence-electron chi connectivity index (χ0n) is 8.84. The van der Waals surface area contributed by atoms with Gasteiger partial charge in [0.1, 0.15) is 11.3 Å². The highest BCUT2D eigenvalue weighted by molar-refractivity contribution is 5.78. The van der Waals surface area contributed by atoms with Crippen LogP contribution < -0.4 is 5.63 Å². The number of phenolic OH excluding ortho intramolecular Hbond substituents is 1. The Labute approximate surface area is 95.9 Å². The van der Waals surface area contributed by atoms with Crippen LogP contribution in [0.1, 0.15) is 12.0 Å². The molecule has 2 rings (SSSR count). The standard InChI is InChI=1S/C12H10O5/c13-9-3-1-7-5-8(2-4-11(14)15)12(16)17-10(7)6-9/h1,3,5-6,13H,2,4H2,(H,14,15). The zero-order chi connectivity index (χ0) is 12.4. The van der Waals surface area contributed by atoms with Crippen LogP contribution in [0.4, 0.5) is 0 Å². The van der Waals surface area contributed by atoms with Crippen LogP contribution in [0.25, 0.3) is 11.0 Å². The van der Waals surface area contributed by atoms with E-state index in [1.807, 2.05) is 0 Å². The van der Waals surface area contributed by atoms with Gasteiger partial charge in [0.2, 0.25) is 0 Å². The van der Waals surface area contributed by atoms with E-state index in [2.05, 4.69) is 0 Å². The van der Waals surface area contributed by atoms with Crippen LogP contribution in [0.15, 0.2) is 33.5 Å². The minimum Gasteiger partial charge on any atom is -0.508 e. The summed E-state index contributed by atoms with van der Waals surface area (Å²) in [6, 6.07) is 6.02. The molecule has 0 bridgehead atoms. The minimum absolute atomic E-state index is 0.0129. The van der Waals surface area contributed by atoms with Gasteiger partial charge in [-0.3, -0.25) is 4.79 Å². The molecule has 0 amide bonds. The van der Waals surface area contributed by atoms with Gasteiger partial charge in [-0.05, 0) is 24.6 Å². The van der Waals surface area contributed by atoms with E-state index in [4.69, 9.17) is 9.52 Å². The van der Waals surface area contributed by atoms with Crippen LogP contribution >= 0.6 is 0 Å². The summed E-state index contributed by atoms with van der Waals surface area (Å²) < 4.78 is 5.00. The summed E-state index contributed by atoms with van der Waals surface area (Å²) in [6.45, 7) is 0. The lowest BCUT2D eigenvalue weighted by Gasteiger charge is -2.01. The Morgan fingerprint density at radius 2 is 2.06 bits per heavy atom. The van der Waals surface area contributed by atoms with E-state index in [0.717, 1.165) is 0 Å². The first-order valence-electron chi connectivity index (χ1n) is 5.04. The fourth-order valence-corrected chi connectivity index (χ4v) is 1.56. The molecule has 5 heteroatoms. The lowest BCUT2D eigenvalue weighted by molar-refractivity contribution is -0.136. The number of rotatable bonds is 3. The lowest BCUT2D eigenvalue weighted by atomic mass is 10.1. The molecule has 0 aliphatic rings. The van der Waals surface area contributed by atoms with Gasteiger partial charge in [0.15, 0.2) is 0 Å². The van der Waals surface area contributed by atoms with Gasteiger partial charge in [-0.25, -0.2) is 4.79 Å². The maximum Gasteiger partial charge on any atom is 0.339 e. The molecule has 0 radical (unpaired) electrons. The van der Waals surface area contributed by atoms with Crippen LogP contribution in [0.3, 0.4) is 0 Å². The van der Waals surface area contributed by atoms with Gasteiger partial charge < -0.3 is 14.6 Å². The van der Waals surface area contributed by atoms with Crippen LogP contribution in [0, 0.1) is 0 Å². The molecule has 0 fully saturated rings. The highest BCUT2D eigenvalue weighted by atomic mass is 16.4. The number of carboxylic acid groups (broad SMARTS) is 1. The first-order chi connectivity index (χ1) is 8.06. The van der Waals surface area contributed by atoms with Crippen LogP contribution in [-0.4, -0.2) is 16.2 Å². The SMILES string of the molecule is O=C(O)CCc1cc2ccc(O)cc2oc1=O. The molecule has 88 valence electrons. The van der Waals surface area contributed by atoms with Crippen molar-refractivity contribution in [3.63, 3.8) is 0 Å². The van der Waals surface area contributed by atoms with E-state index in [9.17, 15) is 14.7 Å². The smallest absolute Gasteiger partial charge is 0.339 e. The van der Waals surface area contributed by atoms with E-state index in [-0.39, 0.29) is 24.2 Å². The fourth-order valence-electron chi connectivity index (χ4n) is 1.56. The molecule has 1 aromatic carbocycles. The van der Waals surface area contributed by atoms with Gasteiger partial charge in [-0.2, -0.15) is 0 Å². The predicted molar refractivity (Wildman–Crippen MR) is 60.1 cm³/mol. The van der Waals surface area contributed by atoms with Gasteiger partial charge in [-0.1, -0.05) is 0 Å². The number of phenols is 1. The maximum atomic E-state index is 11.5. The summed E-state index contributed by atoms with van der Waals surface area (Å²) in [5.74, 6) is -0.950. The molecule has 0 unspecified atom stereocenters. The Kier molecular flexibility index (Phi) is 2.82. The number of aryl methyl sites for hydroxylation is 1. The number of benzene rings is 1. The third-order valence-corrected chi connectivity index (χ3v) is 2.40. The number of carbonyl (C=O) groups is 1. The van der Waals surface area contributed by atoms with Crippen molar-refractivity contribution in [3.05, 3.63) is 40.2 Å². The normalized spacial score (nSPS) is 10.6. The zero-order valence-corrected chi connectivity index (χ0v) is 8.84. The number of hydrogen-bond acceptors (Lipinski definition) is 4. The average Bonchev–Trinajstić information content (AvgIpc) is 2.26. The van der Waals surface area contributed by atoms with Crippen molar-refractivity contribution in [1.29, 1.82) is 0 Å². The summed E-state index contributed by atoms with van der Waals surface area (Å²) in [7, 11) is 0. The van der Waals surface area contributed by atoms with E-state index in [1.165, 1.54) is 12.1 Å². The van der Waals surface area contributed by atoms with Crippen LogP contribution in [0.5, 0.6) is 5.75 Å². The number of carboxylic acids is 1. The molecule has 0 aliphatic carbocycles. The van der Waals surface area contributed by atoms with Crippen LogP contribution in [0.2, 0.25) is 0 Å². The van der Waals surface area contributed by atoms with Gasteiger partial charge in [0, 0.05) is 23.4 Å². The summed E-state index contributed by atoms with van der Waals surface area (Å²) >= 11 is 0. The van der Waals surface area contributed by atoms with Crippen molar-refractivity contribution in [2.24, 2.45) is 0 Å². The Bertz CT molecular complexity index is 626. The van der Waals surface area contributed by atoms with Crippen molar-refractivity contribution < 1.29 is 19.4 Å². The van der Waals surface area contributed by atoms with E-state index < -0.39 is 11.6 Å². The van der Waals surface area contributed by atoms with E-state index in [0.29, 0.717) is 10.9 Å². The summed E-state index contributed by atoms with van der Waals surface area (Å²) in [5.41, 5.74) is 0.0454. The first-order valence-corrected chi connectivity index (χ1v) is 5.04. The van der Waals surface area contributed by atoms with Gasteiger partial charge in [-0.15, -0.1) is 0 Å². The molecule has 2 aromatic rings. The highest BCUT2D eigenvalue weighted by Crippen LogP contribution is 2.19. The molecule has 0 atom stereocenters. The lowest BCUT2D eigenvalue weighted by Crippen LogP contribution is -2.09. The van der Waals surface area contributed by atoms with Crippen molar-refractivity contribution >= 4 is 16.9 Å². The Morgan fingerprint density at radius 3 is 2.76 bits per heavy atom. The van der Waals surface area contributed by atoms with Crippen molar-refractivity contribution in [1.82, 2.24) is 0 Å². The van der Waals surface area contributed by atoms with Gasteiger partial charge in [0.25, 0.3) is 0 Å². The molecule has 0 spiro atoms. The number of aromatic hydroxyl groups is 1. The maximum absolute atomic E-state index is 11.5. The van der Waals surface area contributed by atoms with Crippen molar-refractivity contribution in [2.75, 3.05) is 0 Å². The number of fused-ring (bicyclic) bond motifs is 1. The first kappa shape index (κ1) is 11.2. The third kappa shape index (κ3) is 2.44. The van der Waals surface area contributed by atoms with Gasteiger partial charge >= 0.3 is 11.6 Å². The monoisotopic (exact) mass is 234 g/mol. The second-order valence-corrected chi connectivity index (χ2v) is 3.67. The molecular weight excluding hydrogens is 224 g/mol. The minimum atomic E-state index is -0.963. The molecular formula is C12H10O5. The topological polar surface area (TPSA) is 87.7 Å². The highest BCUT2D eigenvalue weighted by Gasteiger charge is 2.07. The molecule has 1 aromatic heterocycles. The summed E-state index contributed by atoms with van der Waals surface area (Å²) in [5, 5.41) is 18.4. The molecule has 5 nitrogen and oxygen atoms in total. The third-order valence-electron chi connectivity index (χ3n) is 2.40. The largest absolute Gasteiger partial charge is 0.508 e. The summed E-state index contributed by atoms with van der Waals surface area (Å²) in [4.78, 5) is 21.9. The molecule has 0 aliphatic heterocycles. The quantitative estimate of drug-likeness (QED) is 0.786. The second kappa shape index (κ2) is 4.29. The predicted octanol–water partition coefficient (Wildman–Crippen LogP) is 1.52. The molecule has 17 heavy (non-hydrogen) atoms. The Hall–Kier alpha value is -2.30. The van der Waals surface area contributed by atoms with Crippen LogP contribution in [-0.2, 0) is 11.2 Å². The average molecular weight is 234 g/mol. The van der Waals surface area contributed by atoms with E-state index >= 15 is 0 Å². The molecule has 1 heterocycles. The van der Waals surface area contributed by atoms with Crippen molar-refractivity contribution in [2.45, 2.75) is 12.8 Å². The molecule has 0 saturated heterocycles. The molecule has 0 saturated carbocycles. The number of hydrogen-bond donors (Lipinski definition) is 2. The Morgan fingerprint density at radius 1 is 1.29 bits per heavy atom. The Balaban J connectivity index is 2.45. The number of aliphatic carboxylic acids is 1. The fraction of sp³-hybridized carbons (Fsp3) is 0.167. The van der Waals surface area contributed by atoms with Crippen molar-refractivity contribution in [3.8, 4) is 5.75 Å². The second-order valence-electron chi connectivity index (χ2n) is 3.67. The summed E-state index contributed by atoms with van der Waals surface area (Å²) in [6.07, 6.45) is 0.0167.